The standard InChI is InChI=1S/2C4H6O2.Sn/c2*1-2-3-4(5)6;/h2*2-3H,1H3,(H,5,6);/q;;+2/p-2/b2*3-2+;. The second-order valence-corrected chi connectivity index (χ2v) is 1.64. The number of carboxylic acids is 2. The van der Waals surface area contributed by atoms with Crippen LogP contribution in [0, 0.1) is 0 Å². The Morgan fingerprint density at radius 2 is 1.15 bits per heavy atom. The van der Waals surface area contributed by atoms with E-state index in [4.69, 9.17) is 0 Å². The van der Waals surface area contributed by atoms with Crippen LogP contribution in [-0.4, -0.2) is 35.8 Å². The van der Waals surface area contributed by atoms with Gasteiger partial charge in [0.1, 0.15) is 0 Å². The van der Waals surface area contributed by atoms with Gasteiger partial charge in [0.2, 0.25) is 0 Å². The molecule has 0 N–H and O–H groups in total. The first-order valence-corrected chi connectivity index (χ1v) is 3.22. The zero-order chi connectivity index (χ0) is 9.98. The van der Waals surface area contributed by atoms with Gasteiger partial charge in [0.05, 0.1) is 11.9 Å². The van der Waals surface area contributed by atoms with E-state index in [0.29, 0.717) is 0 Å². The van der Waals surface area contributed by atoms with Crippen molar-refractivity contribution in [1.82, 2.24) is 0 Å². The van der Waals surface area contributed by atoms with Gasteiger partial charge in [-0.1, -0.05) is 12.2 Å². The van der Waals surface area contributed by atoms with Gasteiger partial charge < -0.3 is 19.8 Å². The molecule has 0 spiro atoms. The van der Waals surface area contributed by atoms with Gasteiger partial charge in [-0.05, 0) is 26.0 Å². The molecule has 0 fully saturated rings. The second kappa shape index (κ2) is 13.8. The Kier molecular flexibility index (Phi) is 19.2. The van der Waals surface area contributed by atoms with Crippen molar-refractivity contribution in [3.05, 3.63) is 24.3 Å². The topological polar surface area (TPSA) is 80.3 Å². The third-order valence-electron chi connectivity index (χ3n) is 0.605. The summed E-state index contributed by atoms with van der Waals surface area (Å²) in [5.41, 5.74) is 0. The van der Waals surface area contributed by atoms with Crippen molar-refractivity contribution < 1.29 is 19.8 Å². The number of rotatable bonds is 2. The van der Waals surface area contributed by atoms with Crippen LogP contribution in [0.5, 0.6) is 0 Å². The SMILES string of the molecule is C/C=C/C(=O)[O-].C/C=C/C(=O)[O-].[Sn+2]. The van der Waals surface area contributed by atoms with E-state index < -0.39 is 11.9 Å². The fourth-order valence-electron chi connectivity index (χ4n) is 0.272. The van der Waals surface area contributed by atoms with Crippen LogP contribution >= 0.6 is 0 Å². The smallest absolute Gasteiger partial charge is 0.545 e. The molecule has 0 bridgehead atoms. The molecule has 0 heterocycles. The van der Waals surface area contributed by atoms with Crippen LogP contribution in [0.4, 0.5) is 0 Å². The van der Waals surface area contributed by atoms with Crippen LogP contribution in [0.25, 0.3) is 0 Å². The van der Waals surface area contributed by atoms with Crippen molar-refractivity contribution in [2.75, 3.05) is 0 Å². The average molecular weight is 289 g/mol. The molecule has 2 radical (unpaired) electrons. The van der Waals surface area contributed by atoms with Crippen molar-refractivity contribution >= 4 is 35.8 Å². The predicted molar refractivity (Wildman–Crippen MR) is 45.4 cm³/mol. The summed E-state index contributed by atoms with van der Waals surface area (Å²) in [6.07, 6.45) is 4.77. The average Bonchev–Trinajstić information content (AvgIpc) is 1.87. The Balaban J connectivity index is -0.000000143. The van der Waals surface area contributed by atoms with Gasteiger partial charge in [0.15, 0.2) is 0 Å². The van der Waals surface area contributed by atoms with Crippen LogP contribution < -0.4 is 10.2 Å². The summed E-state index contributed by atoms with van der Waals surface area (Å²) in [6.45, 7) is 3.24. The van der Waals surface area contributed by atoms with Crippen LogP contribution in [0.1, 0.15) is 13.8 Å². The molecule has 0 rings (SSSR count). The fourth-order valence-corrected chi connectivity index (χ4v) is 0.272. The van der Waals surface area contributed by atoms with Crippen LogP contribution in [-0.2, 0) is 9.59 Å². The van der Waals surface area contributed by atoms with E-state index in [-0.39, 0.29) is 23.9 Å². The van der Waals surface area contributed by atoms with Gasteiger partial charge in [0.25, 0.3) is 0 Å². The Morgan fingerprint density at radius 1 is 0.923 bits per heavy atom. The first kappa shape index (κ1) is 18.1. The maximum atomic E-state index is 9.40. The number of hydrogen-bond acceptors (Lipinski definition) is 4. The van der Waals surface area contributed by atoms with E-state index in [0.717, 1.165) is 12.2 Å². The van der Waals surface area contributed by atoms with Gasteiger partial charge in [-0.25, -0.2) is 0 Å². The summed E-state index contributed by atoms with van der Waals surface area (Å²) in [4.78, 5) is 18.8. The maximum Gasteiger partial charge on any atom is 2.00 e. The molecule has 0 aromatic rings. The van der Waals surface area contributed by atoms with E-state index in [9.17, 15) is 19.8 Å². The summed E-state index contributed by atoms with van der Waals surface area (Å²) < 4.78 is 0. The van der Waals surface area contributed by atoms with Gasteiger partial charge in [0, 0.05) is 0 Å². The zero-order valence-electron chi connectivity index (χ0n) is 7.44. The number of carboxylic acid groups (broad SMARTS) is 2. The minimum Gasteiger partial charge on any atom is -0.545 e. The Labute approximate surface area is 93.9 Å². The van der Waals surface area contributed by atoms with Crippen molar-refractivity contribution in [1.29, 1.82) is 0 Å². The summed E-state index contributed by atoms with van der Waals surface area (Å²) in [7, 11) is 0. The molecule has 0 aliphatic heterocycles. The van der Waals surface area contributed by atoms with Gasteiger partial charge in [-0.15, -0.1) is 0 Å². The van der Waals surface area contributed by atoms with Crippen LogP contribution in [0.15, 0.2) is 24.3 Å². The molecular weight excluding hydrogens is 279 g/mol. The largest absolute Gasteiger partial charge is 2.00 e. The summed E-state index contributed by atoms with van der Waals surface area (Å²) in [5, 5.41) is 18.8. The van der Waals surface area contributed by atoms with Crippen molar-refractivity contribution in [2.24, 2.45) is 0 Å². The maximum absolute atomic E-state index is 9.40. The summed E-state index contributed by atoms with van der Waals surface area (Å²) >= 11 is 0. The minimum atomic E-state index is -1.14. The van der Waals surface area contributed by atoms with E-state index >= 15 is 0 Å². The van der Waals surface area contributed by atoms with Crippen molar-refractivity contribution in [3.8, 4) is 0 Å². The zero-order valence-corrected chi connectivity index (χ0v) is 10.3. The van der Waals surface area contributed by atoms with E-state index in [1.54, 1.807) is 13.8 Å². The Hall–Kier alpha value is -0.781. The van der Waals surface area contributed by atoms with Crippen molar-refractivity contribution in [3.63, 3.8) is 0 Å². The quantitative estimate of drug-likeness (QED) is 0.446. The second-order valence-electron chi connectivity index (χ2n) is 1.64. The van der Waals surface area contributed by atoms with Crippen molar-refractivity contribution in [2.45, 2.75) is 13.8 Å². The molecule has 0 aliphatic carbocycles. The van der Waals surface area contributed by atoms with Gasteiger partial charge in [-0.2, -0.15) is 0 Å². The molecule has 13 heavy (non-hydrogen) atoms. The molecule has 5 heteroatoms. The predicted octanol–water partition coefficient (Wildman–Crippen LogP) is -1.76. The monoisotopic (exact) mass is 290 g/mol. The molecule has 0 saturated heterocycles. The summed E-state index contributed by atoms with van der Waals surface area (Å²) in [5.74, 6) is -2.28. The molecule has 0 saturated carbocycles. The molecule has 0 amide bonds. The number of aliphatic carboxylic acids is 2. The number of allylic oxidation sites excluding steroid dienone is 2. The van der Waals surface area contributed by atoms with E-state index in [1.165, 1.54) is 12.2 Å². The van der Waals surface area contributed by atoms with Gasteiger partial charge in [-0.3, -0.25) is 0 Å². The number of carbonyl (C=O) groups excluding carboxylic acids is 2. The van der Waals surface area contributed by atoms with Gasteiger partial charge >= 0.3 is 23.9 Å². The molecule has 0 aromatic carbocycles. The fraction of sp³-hybridized carbons (Fsp3) is 0.250. The molecule has 0 aromatic heterocycles. The first-order chi connectivity index (χ1) is 5.54. The van der Waals surface area contributed by atoms with Crippen LogP contribution in [0.2, 0.25) is 0 Å². The minimum absolute atomic E-state index is 0. The molecule has 70 valence electrons. The third-order valence-corrected chi connectivity index (χ3v) is 0.605. The Morgan fingerprint density at radius 3 is 1.15 bits per heavy atom. The van der Waals surface area contributed by atoms with E-state index in [1.807, 2.05) is 0 Å². The van der Waals surface area contributed by atoms with E-state index in [2.05, 4.69) is 0 Å². The number of hydrogen-bond donors (Lipinski definition) is 0. The Bertz CT molecular complexity index is 174. The summed E-state index contributed by atoms with van der Waals surface area (Å²) in [6, 6.07) is 0. The molecule has 4 nitrogen and oxygen atoms in total. The normalized spacial score (nSPS) is 8.77. The number of carbonyl (C=O) groups is 2. The molecule has 0 atom stereocenters. The molecule has 0 unspecified atom stereocenters. The molecule has 0 aliphatic rings. The third kappa shape index (κ3) is 35.0. The van der Waals surface area contributed by atoms with Crippen LogP contribution in [0.3, 0.4) is 0 Å². The first-order valence-electron chi connectivity index (χ1n) is 3.22. The molecular formula is C8H10O4Sn.